The Morgan fingerprint density at radius 1 is 1.00 bits per heavy atom. The third kappa shape index (κ3) is 6.47. The molecule has 1 amide bonds. The lowest BCUT2D eigenvalue weighted by atomic mass is 9.89. The van der Waals surface area contributed by atoms with Gasteiger partial charge in [-0.2, -0.15) is 4.99 Å². The number of carbonyl (C=O) groups is 1. The van der Waals surface area contributed by atoms with E-state index in [9.17, 15) is 4.79 Å². The summed E-state index contributed by atoms with van der Waals surface area (Å²) >= 11 is 6.03. The van der Waals surface area contributed by atoms with Gasteiger partial charge in [-0.3, -0.25) is 4.79 Å². The molecule has 0 bridgehead atoms. The van der Waals surface area contributed by atoms with Gasteiger partial charge in [-0.25, -0.2) is 4.98 Å². The first kappa shape index (κ1) is 23.6. The van der Waals surface area contributed by atoms with E-state index < -0.39 is 0 Å². The maximum atomic E-state index is 12.7. The van der Waals surface area contributed by atoms with Crippen molar-refractivity contribution in [2.45, 2.75) is 64.3 Å². The fraction of sp³-hybridized carbons (Fsp3) is 0.500. The zero-order chi connectivity index (χ0) is 23.0. The highest BCUT2D eigenvalue weighted by molar-refractivity contribution is 6.30. The number of anilines is 2. The number of benzene rings is 1. The molecule has 33 heavy (non-hydrogen) atoms. The van der Waals surface area contributed by atoms with Crippen LogP contribution >= 0.6 is 11.6 Å². The van der Waals surface area contributed by atoms with Crippen LogP contribution < -0.4 is 16.0 Å². The molecule has 2 heterocycles. The molecular weight excluding hydrogens is 434 g/mol. The molecule has 3 N–H and O–H groups in total. The van der Waals surface area contributed by atoms with E-state index in [1.165, 1.54) is 32.1 Å². The molecule has 1 aliphatic carbocycles. The predicted octanol–water partition coefficient (Wildman–Crippen LogP) is 5.54. The minimum absolute atomic E-state index is 0.00731. The van der Waals surface area contributed by atoms with Crippen molar-refractivity contribution < 1.29 is 4.79 Å². The number of pyridine rings is 1. The molecule has 1 aromatic heterocycles. The van der Waals surface area contributed by atoms with E-state index in [-0.39, 0.29) is 17.7 Å². The number of nitrogens with zero attached hydrogens (tertiary/aromatic N) is 3. The highest BCUT2D eigenvalue weighted by atomic mass is 35.5. The summed E-state index contributed by atoms with van der Waals surface area (Å²) in [5.74, 6) is 1.72. The lowest BCUT2D eigenvalue weighted by Crippen LogP contribution is -2.26. The summed E-state index contributed by atoms with van der Waals surface area (Å²) in [5, 5.41) is 4.13. The Labute approximate surface area is 201 Å². The van der Waals surface area contributed by atoms with Crippen LogP contribution in [0.25, 0.3) is 0 Å². The van der Waals surface area contributed by atoms with Gasteiger partial charge in [0.1, 0.15) is 17.5 Å². The van der Waals surface area contributed by atoms with Crippen LogP contribution in [0.4, 0.5) is 11.6 Å². The van der Waals surface area contributed by atoms with Gasteiger partial charge >= 0.3 is 0 Å². The van der Waals surface area contributed by atoms with Crippen molar-refractivity contribution in [3.05, 3.63) is 52.5 Å². The van der Waals surface area contributed by atoms with Crippen LogP contribution in [0.3, 0.4) is 0 Å². The van der Waals surface area contributed by atoms with Gasteiger partial charge in [0, 0.05) is 30.6 Å². The third-order valence-corrected chi connectivity index (χ3v) is 6.90. The second-order valence-electron chi connectivity index (χ2n) is 9.12. The van der Waals surface area contributed by atoms with Gasteiger partial charge in [0.05, 0.1) is 5.56 Å². The van der Waals surface area contributed by atoms with Gasteiger partial charge < -0.3 is 16.0 Å². The van der Waals surface area contributed by atoms with E-state index in [4.69, 9.17) is 22.3 Å². The van der Waals surface area contributed by atoms with E-state index in [0.29, 0.717) is 22.9 Å². The Morgan fingerprint density at radius 2 is 1.67 bits per heavy atom. The average Bonchev–Trinajstić information content (AvgIpc) is 3.14. The van der Waals surface area contributed by atoms with E-state index in [0.717, 1.165) is 50.2 Å². The number of hydrogen-bond acceptors (Lipinski definition) is 4. The first-order valence-corrected chi connectivity index (χ1v) is 12.6. The molecule has 0 spiro atoms. The Balaban J connectivity index is 1.58. The Morgan fingerprint density at radius 3 is 2.36 bits per heavy atom. The SMILES string of the molecule is NC(=NC(=O)C1CCCCC1)c1ccc(N2CCCCCC2)nc1NCc1ccc(Cl)cc1. The van der Waals surface area contributed by atoms with Crippen molar-refractivity contribution in [1.29, 1.82) is 0 Å². The summed E-state index contributed by atoms with van der Waals surface area (Å²) in [5.41, 5.74) is 8.12. The molecule has 1 saturated heterocycles. The first-order valence-electron chi connectivity index (χ1n) is 12.2. The van der Waals surface area contributed by atoms with Gasteiger partial charge in [0.2, 0.25) is 0 Å². The molecule has 0 atom stereocenters. The van der Waals surface area contributed by atoms with Crippen molar-refractivity contribution in [1.82, 2.24) is 4.98 Å². The normalized spacial score (nSPS) is 18.1. The summed E-state index contributed by atoms with van der Waals surface area (Å²) in [4.78, 5) is 24.3. The minimum Gasteiger partial charge on any atom is -0.383 e. The van der Waals surface area contributed by atoms with E-state index in [1.807, 2.05) is 36.4 Å². The summed E-state index contributed by atoms with van der Waals surface area (Å²) in [7, 11) is 0. The predicted molar refractivity (Wildman–Crippen MR) is 136 cm³/mol. The number of carbonyl (C=O) groups excluding carboxylic acids is 1. The van der Waals surface area contributed by atoms with Gasteiger partial charge in [0.15, 0.2) is 0 Å². The van der Waals surface area contributed by atoms with Gasteiger partial charge in [-0.1, -0.05) is 55.8 Å². The topological polar surface area (TPSA) is 83.6 Å². The number of halogens is 1. The Kier molecular flexibility index (Phi) is 8.21. The van der Waals surface area contributed by atoms with Crippen LogP contribution in [0.2, 0.25) is 5.02 Å². The largest absolute Gasteiger partial charge is 0.383 e. The highest BCUT2D eigenvalue weighted by Gasteiger charge is 2.22. The summed E-state index contributed by atoms with van der Waals surface area (Å²) in [6, 6.07) is 11.7. The average molecular weight is 468 g/mol. The monoisotopic (exact) mass is 467 g/mol. The summed E-state index contributed by atoms with van der Waals surface area (Å²) < 4.78 is 0. The molecular formula is C26H34ClN5O. The quantitative estimate of drug-likeness (QED) is 0.430. The standard InChI is InChI=1S/C26H34ClN5O/c27-21-12-10-19(11-13-21)18-29-25-22(24(28)31-26(33)20-8-4-3-5-9-20)14-15-23(30-25)32-16-6-1-2-7-17-32/h10-15,20H,1-9,16-18H2,(H,29,30)(H2,28,31,33). The van der Waals surface area contributed by atoms with E-state index in [2.05, 4.69) is 15.2 Å². The second kappa shape index (κ2) is 11.5. The molecule has 0 radical (unpaired) electrons. The lowest BCUT2D eigenvalue weighted by molar-refractivity contribution is -0.122. The molecule has 1 saturated carbocycles. The second-order valence-corrected chi connectivity index (χ2v) is 9.55. The van der Waals surface area contributed by atoms with Crippen molar-refractivity contribution in [3.63, 3.8) is 0 Å². The van der Waals surface area contributed by atoms with E-state index >= 15 is 0 Å². The van der Waals surface area contributed by atoms with Crippen molar-refractivity contribution in [2.75, 3.05) is 23.3 Å². The summed E-state index contributed by atoms with van der Waals surface area (Å²) in [6.07, 6.45) is 10.1. The smallest absolute Gasteiger partial charge is 0.250 e. The molecule has 2 fully saturated rings. The Bertz CT molecular complexity index is 961. The molecule has 2 aliphatic rings. The molecule has 1 aromatic carbocycles. The third-order valence-electron chi connectivity index (χ3n) is 6.64. The zero-order valence-electron chi connectivity index (χ0n) is 19.2. The Hall–Kier alpha value is -2.60. The van der Waals surface area contributed by atoms with Crippen molar-refractivity contribution >= 4 is 35.0 Å². The minimum atomic E-state index is -0.104. The molecule has 0 unspecified atom stereocenters. The number of nitrogens with one attached hydrogen (secondary N) is 1. The maximum absolute atomic E-state index is 12.7. The first-order chi connectivity index (χ1) is 16.1. The molecule has 4 rings (SSSR count). The van der Waals surface area contributed by atoms with Crippen LogP contribution in [0.1, 0.15) is 68.9 Å². The number of aromatic nitrogens is 1. The molecule has 6 nitrogen and oxygen atoms in total. The number of aliphatic imine (C=N–C) groups is 1. The van der Waals surface area contributed by atoms with Crippen molar-refractivity contribution in [2.24, 2.45) is 16.6 Å². The summed E-state index contributed by atoms with van der Waals surface area (Å²) in [6.45, 7) is 2.59. The van der Waals surface area contributed by atoms with Gasteiger partial charge in [-0.15, -0.1) is 0 Å². The van der Waals surface area contributed by atoms with Gasteiger partial charge in [-0.05, 0) is 55.5 Å². The number of rotatable bonds is 6. The molecule has 1 aliphatic heterocycles. The van der Waals surface area contributed by atoms with Crippen molar-refractivity contribution in [3.8, 4) is 0 Å². The van der Waals surface area contributed by atoms with Crippen LogP contribution in [-0.2, 0) is 11.3 Å². The maximum Gasteiger partial charge on any atom is 0.250 e. The highest BCUT2D eigenvalue weighted by Crippen LogP contribution is 2.26. The van der Waals surface area contributed by atoms with Crippen LogP contribution in [0.15, 0.2) is 41.4 Å². The lowest BCUT2D eigenvalue weighted by Gasteiger charge is -2.23. The number of amides is 1. The molecule has 176 valence electrons. The van der Waals surface area contributed by atoms with Crippen LogP contribution in [0, 0.1) is 5.92 Å². The number of nitrogens with two attached hydrogens (primary N) is 1. The van der Waals surface area contributed by atoms with Gasteiger partial charge in [0.25, 0.3) is 5.91 Å². The number of hydrogen-bond donors (Lipinski definition) is 2. The fourth-order valence-corrected chi connectivity index (χ4v) is 4.80. The zero-order valence-corrected chi connectivity index (χ0v) is 20.0. The fourth-order valence-electron chi connectivity index (χ4n) is 4.67. The number of amidine groups is 1. The van der Waals surface area contributed by atoms with Crippen LogP contribution in [0.5, 0.6) is 0 Å². The molecule has 2 aromatic rings. The molecule has 7 heteroatoms. The van der Waals surface area contributed by atoms with E-state index in [1.54, 1.807) is 0 Å². The van der Waals surface area contributed by atoms with Crippen LogP contribution in [-0.4, -0.2) is 29.8 Å².